The molecule has 0 amide bonds. The molecule has 0 saturated carbocycles. The molecule has 0 aliphatic carbocycles. The van der Waals surface area contributed by atoms with E-state index in [1.807, 2.05) is 0 Å². The standard InChI is InChI=1S/C10H4ClF2NO2/c11-8-7(4-15)14-16-10(8)5-2-1-3-6(12)9(5)13/h1-4H. The van der Waals surface area contributed by atoms with E-state index in [-0.39, 0.29) is 22.0 Å². The third-order valence-electron chi connectivity index (χ3n) is 1.97. The number of carbonyl (C=O) groups excluding carboxylic acids is 1. The number of halogens is 3. The van der Waals surface area contributed by atoms with E-state index < -0.39 is 11.6 Å². The molecule has 0 radical (unpaired) electrons. The summed E-state index contributed by atoms with van der Waals surface area (Å²) in [5.74, 6) is -2.30. The van der Waals surface area contributed by atoms with E-state index in [1.165, 1.54) is 12.1 Å². The molecule has 16 heavy (non-hydrogen) atoms. The Morgan fingerprint density at radius 2 is 2.12 bits per heavy atom. The Kier molecular flexibility index (Phi) is 2.70. The zero-order chi connectivity index (χ0) is 11.7. The molecule has 0 spiro atoms. The zero-order valence-corrected chi connectivity index (χ0v) is 8.46. The van der Waals surface area contributed by atoms with E-state index in [4.69, 9.17) is 11.6 Å². The van der Waals surface area contributed by atoms with Gasteiger partial charge in [-0.05, 0) is 12.1 Å². The third-order valence-corrected chi connectivity index (χ3v) is 2.33. The van der Waals surface area contributed by atoms with Crippen LogP contribution >= 0.6 is 11.6 Å². The van der Waals surface area contributed by atoms with Gasteiger partial charge in [0.05, 0.1) is 5.56 Å². The van der Waals surface area contributed by atoms with E-state index in [0.717, 1.165) is 6.07 Å². The van der Waals surface area contributed by atoms with Gasteiger partial charge in [0.15, 0.2) is 29.4 Å². The van der Waals surface area contributed by atoms with E-state index >= 15 is 0 Å². The molecule has 0 aliphatic heterocycles. The van der Waals surface area contributed by atoms with E-state index in [2.05, 4.69) is 9.68 Å². The Hall–Kier alpha value is -1.75. The summed E-state index contributed by atoms with van der Waals surface area (Å²) in [7, 11) is 0. The number of nitrogens with zero attached hydrogens (tertiary/aromatic N) is 1. The normalized spacial score (nSPS) is 10.4. The van der Waals surface area contributed by atoms with Crippen molar-refractivity contribution in [2.75, 3.05) is 0 Å². The van der Waals surface area contributed by atoms with Crippen LogP contribution in [0.3, 0.4) is 0 Å². The lowest BCUT2D eigenvalue weighted by molar-refractivity contribution is 0.111. The van der Waals surface area contributed by atoms with Crippen LogP contribution in [0.1, 0.15) is 10.5 Å². The van der Waals surface area contributed by atoms with Crippen LogP contribution < -0.4 is 0 Å². The minimum Gasteiger partial charge on any atom is -0.354 e. The van der Waals surface area contributed by atoms with Crippen LogP contribution in [0.25, 0.3) is 11.3 Å². The number of hydrogen-bond acceptors (Lipinski definition) is 3. The van der Waals surface area contributed by atoms with E-state index in [1.54, 1.807) is 0 Å². The number of benzene rings is 1. The van der Waals surface area contributed by atoms with Crippen molar-refractivity contribution in [3.05, 3.63) is 40.6 Å². The second-order valence-electron chi connectivity index (χ2n) is 2.93. The molecule has 1 heterocycles. The van der Waals surface area contributed by atoms with Gasteiger partial charge in [0, 0.05) is 0 Å². The lowest BCUT2D eigenvalue weighted by atomic mass is 10.1. The second kappa shape index (κ2) is 4.02. The summed E-state index contributed by atoms with van der Waals surface area (Å²) in [5.41, 5.74) is -0.328. The average Bonchev–Trinajstić information content (AvgIpc) is 2.64. The molecule has 0 aliphatic rings. The maximum atomic E-state index is 13.4. The number of carbonyl (C=O) groups is 1. The summed E-state index contributed by atoms with van der Waals surface area (Å²) in [6.07, 6.45) is 0.368. The molecule has 6 heteroatoms. The van der Waals surface area contributed by atoms with Crippen LogP contribution in [0.5, 0.6) is 0 Å². The second-order valence-corrected chi connectivity index (χ2v) is 3.31. The topological polar surface area (TPSA) is 43.1 Å². The zero-order valence-electron chi connectivity index (χ0n) is 7.71. The molecule has 0 atom stereocenters. The minimum atomic E-state index is -1.10. The molecule has 2 aromatic rings. The fourth-order valence-electron chi connectivity index (χ4n) is 1.21. The Labute approximate surface area is 93.6 Å². The molecule has 82 valence electrons. The van der Waals surface area contributed by atoms with Crippen molar-refractivity contribution in [2.45, 2.75) is 0 Å². The highest BCUT2D eigenvalue weighted by atomic mass is 35.5. The van der Waals surface area contributed by atoms with Crippen molar-refractivity contribution >= 4 is 17.9 Å². The van der Waals surface area contributed by atoms with Crippen LogP contribution in [0.15, 0.2) is 22.7 Å². The van der Waals surface area contributed by atoms with E-state index in [9.17, 15) is 13.6 Å². The van der Waals surface area contributed by atoms with Gasteiger partial charge in [0.1, 0.15) is 5.02 Å². The predicted octanol–water partition coefficient (Wildman–Crippen LogP) is 3.09. The van der Waals surface area contributed by atoms with Gasteiger partial charge in [0.2, 0.25) is 0 Å². The van der Waals surface area contributed by atoms with Gasteiger partial charge in [0.25, 0.3) is 0 Å². The van der Waals surface area contributed by atoms with Gasteiger partial charge in [-0.15, -0.1) is 0 Å². The molecule has 0 unspecified atom stereocenters. The number of aldehydes is 1. The fourth-order valence-corrected chi connectivity index (χ4v) is 1.43. The smallest absolute Gasteiger partial charge is 0.189 e. The lowest BCUT2D eigenvalue weighted by Crippen LogP contribution is -1.88. The van der Waals surface area contributed by atoms with Crippen molar-refractivity contribution < 1.29 is 18.1 Å². The fraction of sp³-hybridized carbons (Fsp3) is 0. The monoisotopic (exact) mass is 243 g/mol. The maximum absolute atomic E-state index is 13.4. The summed E-state index contributed by atoms with van der Waals surface area (Å²) < 4.78 is 31.0. The van der Waals surface area contributed by atoms with Crippen molar-refractivity contribution in [3.63, 3.8) is 0 Å². The lowest BCUT2D eigenvalue weighted by Gasteiger charge is -1.99. The highest BCUT2D eigenvalue weighted by Crippen LogP contribution is 2.32. The van der Waals surface area contributed by atoms with Crippen LogP contribution in [0.4, 0.5) is 8.78 Å². The van der Waals surface area contributed by atoms with Crippen molar-refractivity contribution in [3.8, 4) is 11.3 Å². The van der Waals surface area contributed by atoms with Gasteiger partial charge in [-0.3, -0.25) is 4.79 Å². The van der Waals surface area contributed by atoms with Crippen molar-refractivity contribution in [1.82, 2.24) is 5.16 Å². The Balaban J connectivity index is 2.63. The number of rotatable bonds is 2. The molecular weight excluding hydrogens is 240 g/mol. The first-order chi connectivity index (χ1) is 7.65. The molecule has 0 fully saturated rings. The van der Waals surface area contributed by atoms with Gasteiger partial charge in [-0.1, -0.05) is 22.8 Å². The van der Waals surface area contributed by atoms with Crippen molar-refractivity contribution in [1.29, 1.82) is 0 Å². The number of aromatic nitrogens is 1. The first kappa shape index (κ1) is 10.8. The molecule has 3 nitrogen and oxygen atoms in total. The Morgan fingerprint density at radius 3 is 2.75 bits per heavy atom. The molecule has 0 N–H and O–H groups in total. The SMILES string of the molecule is O=Cc1noc(-c2cccc(F)c2F)c1Cl. The first-order valence-corrected chi connectivity index (χ1v) is 4.57. The molecular formula is C10H4ClF2NO2. The van der Waals surface area contributed by atoms with Gasteiger partial charge >= 0.3 is 0 Å². The molecule has 0 bridgehead atoms. The Morgan fingerprint density at radius 1 is 1.38 bits per heavy atom. The molecule has 2 rings (SSSR count). The van der Waals surface area contributed by atoms with E-state index in [0.29, 0.717) is 6.29 Å². The van der Waals surface area contributed by atoms with Gasteiger partial charge in [-0.2, -0.15) is 0 Å². The molecule has 0 saturated heterocycles. The summed E-state index contributed by atoms with van der Waals surface area (Å²) >= 11 is 5.71. The Bertz CT molecular complexity index is 554. The number of hydrogen-bond donors (Lipinski definition) is 0. The maximum Gasteiger partial charge on any atom is 0.189 e. The van der Waals surface area contributed by atoms with Crippen LogP contribution in [-0.2, 0) is 0 Å². The van der Waals surface area contributed by atoms with Crippen LogP contribution in [0.2, 0.25) is 5.02 Å². The molecule has 1 aromatic carbocycles. The highest BCUT2D eigenvalue weighted by molar-refractivity contribution is 6.35. The van der Waals surface area contributed by atoms with Gasteiger partial charge in [-0.25, -0.2) is 8.78 Å². The summed E-state index contributed by atoms with van der Waals surface area (Å²) in [5, 5.41) is 3.18. The first-order valence-electron chi connectivity index (χ1n) is 4.20. The minimum absolute atomic E-state index is 0.139. The largest absolute Gasteiger partial charge is 0.354 e. The highest BCUT2D eigenvalue weighted by Gasteiger charge is 2.19. The van der Waals surface area contributed by atoms with Crippen LogP contribution in [-0.4, -0.2) is 11.4 Å². The quantitative estimate of drug-likeness (QED) is 0.761. The molecule has 1 aromatic heterocycles. The predicted molar refractivity (Wildman–Crippen MR) is 52.3 cm³/mol. The summed E-state index contributed by atoms with van der Waals surface area (Å²) in [4.78, 5) is 10.4. The van der Waals surface area contributed by atoms with Crippen LogP contribution in [0, 0.1) is 11.6 Å². The average molecular weight is 244 g/mol. The van der Waals surface area contributed by atoms with Gasteiger partial charge < -0.3 is 4.52 Å². The summed E-state index contributed by atoms with van der Waals surface area (Å²) in [6.45, 7) is 0. The summed E-state index contributed by atoms with van der Waals surface area (Å²) in [6, 6.07) is 3.54. The third kappa shape index (κ3) is 1.59. The van der Waals surface area contributed by atoms with Crippen molar-refractivity contribution in [2.24, 2.45) is 0 Å².